The fourth-order valence-corrected chi connectivity index (χ4v) is 3.42. The summed E-state index contributed by atoms with van der Waals surface area (Å²) in [6.45, 7) is 5.69. The summed E-state index contributed by atoms with van der Waals surface area (Å²) in [6, 6.07) is 5.95. The van der Waals surface area contributed by atoms with Gasteiger partial charge in [-0.05, 0) is 57.2 Å². The van der Waals surface area contributed by atoms with Gasteiger partial charge in [-0.2, -0.15) is 0 Å². The molecule has 0 bridgehead atoms. The van der Waals surface area contributed by atoms with Gasteiger partial charge in [-0.15, -0.1) is 0 Å². The van der Waals surface area contributed by atoms with Crippen molar-refractivity contribution in [1.29, 1.82) is 0 Å². The fourth-order valence-electron chi connectivity index (χ4n) is 2.60. The lowest BCUT2D eigenvalue weighted by Gasteiger charge is -2.22. The van der Waals surface area contributed by atoms with Crippen LogP contribution in [0.5, 0.6) is 0 Å². The number of hydrogen-bond acceptors (Lipinski definition) is 3. The molecule has 0 amide bonds. The topological polar surface area (TPSA) is 32.5 Å². The highest BCUT2D eigenvalue weighted by molar-refractivity contribution is 9.10. The Kier molecular flexibility index (Phi) is 6.30. The maximum absolute atomic E-state index is 6.29. The van der Waals surface area contributed by atoms with Gasteiger partial charge in [0.2, 0.25) is 0 Å². The molecular weight excluding hydrogens is 338 g/mol. The largest absolute Gasteiger partial charge is 0.324 e. The molecule has 3 nitrogen and oxygen atoms in total. The van der Waals surface area contributed by atoms with Crippen molar-refractivity contribution in [1.82, 2.24) is 9.80 Å². The molecule has 0 radical (unpaired) electrons. The van der Waals surface area contributed by atoms with Gasteiger partial charge in [0.05, 0.1) is 0 Å². The Morgan fingerprint density at radius 1 is 1.30 bits per heavy atom. The van der Waals surface area contributed by atoms with Crippen LogP contribution in [0.1, 0.15) is 24.4 Å². The van der Waals surface area contributed by atoms with Crippen LogP contribution >= 0.6 is 27.5 Å². The monoisotopic (exact) mass is 359 g/mol. The van der Waals surface area contributed by atoms with E-state index in [2.05, 4.69) is 32.8 Å². The molecule has 0 spiro atoms. The molecular formula is C15H23BrClN3. The molecule has 1 saturated heterocycles. The normalized spacial score (nSPS) is 19.8. The molecule has 1 fully saturated rings. The number of nitrogens with zero attached hydrogens (tertiary/aromatic N) is 2. The summed E-state index contributed by atoms with van der Waals surface area (Å²) in [5.74, 6) is 0. The average Bonchev–Trinajstić information content (AvgIpc) is 2.61. The predicted octanol–water partition coefficient (Wildman–Crippen LogP) is 3.13. The second-order valence-electron chi connectivity index (χ2n) is 5.56. The number of benzene rings is 1. The molecule has 1 aliphatic rings. The highest BCUT2D eigenvalue weighted by atomic mass is 79.9. The van der Waals surface area contributed by atoms with Crippen molar-refractivity contribution in [2.45, 2.75) is 18.9 Å². The highest BCUT2D eigenvalue weighted by Gasteiger charge is 2.15. The van der Waals surface area contributed by atoms with Crippen LogP contribution in [0.25, 0.3) is 0 Å². The van der Waals surface area contributed by atoms with E-state index in [0.717, 1.165) is 41.1 Å². The predicted molar refractivity (Wildman–Crippen MR) is 89.3 cm³/mol. The van der Waals surface area contributed by atoms with Crippen molar-refractivity contribution in [3.8, 4) is 0 Å². The van der Waals surface area contributed by atoms with Crippen LogP contribution < -0.4 is 5.73 Å². The van der Waals surface area contributed by atoms with E-state index in [1.807, 2.05) is 18.2 Å². The Hall–Kier alpha value is -0.130. The summed E-state index contributed by atoms with van der Waals surface area (Å²) in [4.78, 5) is 4.90. The minimum Gasteiger partial charge on any atom is -0.324 e. The maximum Gasteiger partial charge on any atom is 0.0464 e. The lowest BCUT2D eigenvalue weighted by Crippen LogP contribution is -2.31. The molecule has 112 valence electrons. The van der Waals surface area contributed by atoms with Gasteiger partial charge in [0.25, 0.3) is 0 Å². The standard InChI is InChI=1S/C15H23BrClN3/c1-19-6-2-7-20(10-9-19)8-5-15(18)13-4-3-12(16)11-14(13)17/h3-4,11,15H,2,5-10,18H2,1H3. The lowest BCUT2D eigenvalue weighted by molar-refractivity contribution is 0.267. The Morgan fingerprint density at radius 3 is 2.85 bits per heavy atom. The quantitative estimate of drug-likeness (QED) is 0.895. The van der Waals surface area contributed by atoms with Crippen molar-refractivity contribution in [2.24, 2.45) is 5.73 Å². The van der Waals surface area contributed by atoms with Crippen LogP contribution in [0, 0.1) is 0 Å². The van der Waals surface area contributed by atoms with Gasteiger partial charge in [-0.25, -0.2) is 0 Å². The molecule has 0 aromatic heterocycles. The van der Waals surface area contributed by atoms with Crippen LogP contribution in [0.4, 0.5) is 0 Å². The smallest absolute Gasteiger partial charge is 0.0464 e. The first-order valence-corrected chi connectivity index (χ1v) is 8.35. The van der Waals surface area contributed by atoms with Gasteiger partial charge in [0.15, 0.2) is 0 Å². The van der Waals surface area contributed by atoms with E-state index in [-0.39, 0.29) is 6.04 Å². The number of hydrogen-bond donors (Lipinski definition) is 1. The number of nitrogens with two attached hydrogens (primary N) is 1. The highest BCUT2D eigenvalue weighted by Crippen LogP contribution is 2.27. The SMILES string of the molecule is CN1CCCN(CCC(N)c2ccc(Br)cc2Cl)CC1. The van der Waals surface area contributed by atoms with Crippen LogP contribution in [0.15, 0.2) is 22.7 Å². The van der Waals surface area contributed by atoms with Crippen molar-refractivity contribution in [3.05, 3.63) is 33.3 Å². The summed E-state index contributed by atoms with van der Waals surface area (Å²) in [5, 5.41) is 0.752. The van der Waals surface area contributed by atoms with E-state index >= 15 is 0 Å². The van der Waals surface area contributed by atoms with E-state index < -0.39 is 0 Å². The molecule has 20 heavy (non-hydrogen) atoms. The zero-order valence-electron chi connectivity index (χ0n) is 12.0. The van der Waals surface area contributed by atoms with E-state index in [1.165, 1.54) is 19.5 Å². The third kappa shape index (κ3) is 4.71. The van der Waals surface area contributed by atoms with Gasteiger partial charge in [-0.3, -0.25) is 0 Å². The molecule has 0 aliphatic carbocycles. The molecule has 1 aromatic carbocycles. The van der Waals surface area contributed by atoms with Gasteiger partial charge in [0.1, 0.15) is 0 Å². The number of halogens is 2. The van der Waals surface area contributed by atoms with Crippen molar-refractivity contribution < 1.29 is 0 Å². The van der Waals surface area contributed by atoms with E-state index in [4.69, 9.17) is 17.3 Å². The van der Waals surface area contributed by atoms with Crippen molar-refractivity contribution >= 4 is 27.5 Å². The molecule has 1 unspecified atom stereocenters. The van der Waals surface area contributed by atoms with Crippen molar-refractivity contribution in [2.75, 3.05) is 39.8 Å². The molecule has 0 saturated carbocycles. The third-order valence-corrected chi connectivity index (χ3v) is 4.75. The minimum absolute atomic E-state index is 0.0107. The van der Waals surface area contributed by atoms with E-state index in [1.54, 1.807) is 0 Å². The minimum atomic E-state index is 0.0107. The molecule has 2 N–H and O–H groups in total. The Balaban J connectivity index is 1.86. The summed E-state index contributed by atoms with van der Waals surface area (Å²) >= 11 is 9.68. The lowest BCUT2D eigenvalue weighted by atomic mass is 10.0. The summed E-state index contributed by atoms with van der Waals surface area (Å²) < 4.78 is 0.994. The van der Waals surface area contributed by atoms with E-state index in [9.17, 15) is 0 Å². The third-order valence-electron chi connectivity index (χ3n) is 3.93. The van der Waals surface area contributed by atoms with Gasteiger partial charge in [-0.1, -0.05) is 33.6 Å². The fraction of sp³-hybridized carbons (Fsp3) is 0.600. The number of rotatable bonds is 4. The Labute approximate surface area is 135 Å². The Bertz CT molecular complexity index is 441. The average molecular weight is 361 g/mol. The molecule has 1 atom stereocenters. The molecule has 1 heterocycles. The summed E-state index contributed by atoms with van der Waals surface area (Å²) in [5.41, 5.74) is 7.34. The second kappa shape index (κ2) is 7.76. The van der Waals surface area contributed by atoms with Crippen LogP contribution in [0.2, 0.25) is 5.02 Å². The van der Waals surface area contributed by atoms with Crippen LogP contribution in [-0.2, 0) is 0 Å². The summed E-state index contributed by atoms with van der Waals surface area (Å²) in [6.07, 6.45) is 2.19. The summed E-state index contributed by atoms with van der Waals surface area (Å²) in [7, 11) is 2.19. The molecule has 1 aliphatic heterocycles. The van der Waals surface area contributed by atoms with E-state index in [0.29, 0.717) is 0 Å². The first kappa shape index (κ1) is 16.2. The van der Waals surface area contributed by atoms with Gasteiger partial charge < -0.3 is 15.5 Å². The van der Waals surface area contributed by atoms with Crippen LogP contribution in [0.3, 0.4) is 0 Å². The van der Waals surface area contributed by atoms with Crippen molar-refractivity contribution in [3.63, 3.8) is 0 Å². The Morgan fingerprint density at radius 2 is 2.10 bits per heavy atom. The van der Waals surface area contributed by atoms with Gasteiger partial charge in [0, 0.05) is 28.6 Å². The zero-order valence-corrected chi connectivity index (χ0v) is 14.3. The number of likely N-dealkylation sites (N-methyl/N-ethyl adjacent to an activating group) is 1. The van der Waals surface area contributed by atoms with Crippen LogP contribution in [-0.4, -0.2) is 49.6 Å². The first-order chi connectivity index (χ1) is 9.56. The van der Waals surface area contributed by atoms with Gasteiger partial charge >= 0.3 is 0 Å². The molecule has 5 heteroatoms. The maximum atomic E-state index is 6.29. The zero-order chi connectivity index (χ0) is 14.5. The molecule has 2 rings (SSSR count). The second-order valence-corrected chi connectivity index (χ2v) is 6.88. The molecule has 1 aromatic rings. The first-order valence-electron chi connectivity index (χ1n) is 7.17.